The number of carbonyl (C=O) groups is 1. The highest BCUT2D eigenvalue weighted by Gasteiger charge is 2.25. The smallest absolute Gasteiger partial charge is 0.306 e. The quantitative estimate of drug-likeness (QED) is 0.749. The molecule has 0 radical (unpaired) electrons. The summed E-state index contributed by atoms with van der Waals surface area (Å²) < 4.78 is 4.93. The minimum Gasteiger partial charge on any atom is -0.466 e. The van der Waals surface area contributed by atoms with Gasteiger partial charge >= 0.3 is 5.97 Å². The molecule has 20 heavy (non-hydrogen) atoms. The molecule has 1 aromatic heterocycles. The molecule has 2 rings (SSSR count). The lowest BCUT2D eigenvalue weighted by molar-refractivity contribution is -0.143. The van der Waals surface area contributed by atoms with Gasteiger partial charge in [-0.3, -0.25) is 4.79 Å². The van der Waals surface area contributed by atoms with Crippen LogP contribution < -0.4 is 4.90 Å². The third kappa shape index (κ3) is 3.93. The van der Waals surface area contributed by atoms with Crippen molar-refractivity contribution in [2.24, 2.45) is 0 Å². The second-order valence-electron chi connectivity index (χ2n) is 5.28. The van der Waals surface area contributed by atoms with Crippen LogP contribution in [-0.2, 0) is 16.0 Å². The van der Waals surface area contributed by atoms with Crippen molar-refractivity contribution < 1.29 is 9.53 Å². The van der Waals surface area contributed by atoms with E-state index >= 15 is 0 Å². The number of aryl methyl sites for hydroxylation is 1. The van der Waals surface area contributed by atoms with Crippen molar-refractivity contribution >= 4 is 22.4 Å². The van der Waals surface area contributed by atoms with Gasteiger partial charge in [0.2, 0.25) is 0 Å². The zero-order valence-corrected chi connectivity index (χ0v) is 13.3. The summed E-state index contributed by atoms with van der Waals surface area (Å²) in [6.07, 6.45) is 2.27. The van der Waals surface area contributed by atoms with Gasteiger partial charge in [0.1, 0.15) is 0 Å². The van der Waals surface area contributed by atoms with Crippen LogP contribution in [-0.4, -0.2) is 55.7 Å². The van der Waals surface area contributed by atoms with E-state index in [1.54, 1.807) is 11.3 Å². The molecule has 1 aliphatic rings. The molecule has 0 N–H and O–H groups in total. The van der Waals surface area contributed by atoms with Gasteiger partial charge in [0.15, 0.2) is 5.13 Å². The Kier molecular flexibility index (Phi) is 5.37. The lowest BCUT2D eigenvalue weighted by atomic mass is 10.2. The Hall–Kier alpha value is -1.14. The van der Waals surface area contributed by atoms with Gasteiger partial charge in [-0.05, 0) is 27.4 Å². The standard InChI is InChI=1S/C14H23N3O2S/c1-4-19-13(18)6-5-11-10-20-14(15-11)17-8-7-12(9-17)16(2)3/h10,12H,4-9H2,1-3H3. The molecule has 1 saturated heterocycles. The fraction of sp³-hybridized carbons (Fsp3) is 0.714. The Bertz CT molecular complexity index is 447. The van der Waals surface area contributed by atoms with E-state index in [9.17, 15) is 4.79 Å². The SMILES string of the molecule is CCOC(=O)CCc1csc(N2CCC(N(C)C)C2)n1. The van der Waals surface area contributed by atoms with Crippen molar-refractivity contribution in [3.8, 4) is 0 Å². The molecule has 0 bridgehead atoms. The molecular weight excluding hydrogens is 274 g/mol. The molecule has 0 saturated carbocycles. The van der Waals surface area contributed by atoms with Gasteiger partial charge in [0.05, 0.1) is 18.7 Å². The van der Waals surface area contributed by atoms with Crippen LogP contribution in [0.25, 0.3) is 0 Å². The third-order valence-corrected chi connectivity index (χ3v) is 4.54. The number of nitrogens with zero attached hydrogens (tertiary/aromatic N) is 3. The number of hydrogen-bond acceptors (Lipinski definition) is 6. The molecule has 0 aliphatic carbocycles. The molecule has 1 aliphatic heterocycles. The summed E-state index contributed by atoms with van der Waals surface area (Å²) in [7, 11) is 4.25. The fourth-order valence-corrected chi connectivity index (χ4v) is 3.25. The van der Waals surface area contributed by atoms with Gasteiger partial charge in [-0.1, -0.05) is 0 Å². The van der Waals surface area contributed by atoms with Crippen molar-refractivity contribution in [2.45, 2.75) is 32.2 Å². The molecule has 1 aromatic rings. The average molecular weight is 297 g/mol. The lowest BCUT2D eigenvalue weighted by Crippen LogP contribution is -2.31. The molecular formula is C14H23N3O2S. The first-order valence-corrected chi connectivity index (χ1v) is 7.99. The summed E-state index contributed by atoms with van der Waals surface area (Å²) in [5.41, 5.74) is 0.992. The molecule has 2 heterocycles. The molecule has 6 heteroatoms. The molecule has 1 fully saturated rings. The number of esters is 1. The molecule has 1 unspecified atom stereocenters. The molecule has 0 spiro atoms. The maximum atomic E-state index is 11.3. The fourth-order valence-electron chi connectivity index (χ4n) is 2.36. The maximum absolute atomic E-state index is 11.3. The van der Waals surface area contributed by atoms with Crippen LogP contribution >= 0.6 is 11.3 Å². The number of likely N-dealkylation sites (N-methyl/N-ethyl adjacent to an activating group) is 1. The molecule has 0 amide bonds. The lowest BCUT2D eigenvalue weighted by Gasteiger charge is -2.19. The highest BCUT2D eigenvalue weighted by atomic mass is 32.1. The summed E-state index contributed by atoms with van der Waals surface area (Å²) in [5.74, 6) is -0.143. The van der Waals surface area contributed by atoms with Crippen molar-refractivity contribution in [3.63, 3.8) is 0 Å². The predicted octanol–water partition coefficient (Wildman–Crippen LogP) is 1.78. The summed E-state index contributed by atoms with van der Waals surface area (Å²) in [6.45, 7) is 4.37. The van der Waals surface area contributed by atoms with E-state index < -0.39 is 0 Å². The number of anilines is 1. The topological polar surface area (TPSA) is 45.7 Å². The number of rotatable bonds is 6. The Morgan fingerprint density at radius 1 is 1.60 bits per heavy atom. The van der Waals surface area contributed by atoms with Crippen LogP contribution in [0.1, 0.15) is 25.5 Å². The van der Waals surface area contributed by atoms with Crippen LogP contribution in [0.2, 0.25) is 0 Å². The molecule has 1 atom stereocenters. The zero-order valence-electron chi connectivity index (χ0n) is 12.5. The normalized spacial score (nSPS) is 18.8. The summed E-state index contributed by atoms with van der Waals surface area (Å²) >= 11 is 1.67. The summed E-state index contributed by atoms with van der Waals surface area (Å²) in [5, 5.41) is 3.13. The van der Waals surface area contributed by atoms with Crippen molar-refractivity contribution in [1.82, 2.24) is 9.88 Å². The first kappa shape index (κ1) is 15.3. The Morgan fingerprint density at radius 3 is 3.05 bits per heavy atom. The largest absolute Gasteiger partial charge is 0.466 e. The Balaban J connectivity index is 1.85. The third-order valence-electron chi connectivity index (χ3n) is 3.59. The van der Waals surface area contributed by atoms with Crippen LogP contribution in [0.4, 0.5) is 5.13 Å². The van der Waals surface area contributed by atoms with Crippen LogP contribution in [0.3, 0.4) is 0 Å². The number of carbonyl (C=O) groups excluding carboxylic acids is 1. The van der Waals surface area contributed by atoms with E-state index in [-0.39, 0.29) is 5.97 Å². The second kappa shape index (κ2) is 7.04. The average Bonchev–Trinajstić information content (AvgIpc) is 3.05. The van der Waals surface area contributed by atoms with Gasteiger partial charge in [-0.25, -0.2) is 4.98 Å². The van der Waals surface area contributed by atoms with Crippen LogP contribution in [0.5, 0.6) is 0 Å². The van der Waals surface area contributed by atoms with Crippen LogP contribution in [0.15, 0.2) is 5.38 Å². The Labute approximate surface area is 124 Å². The summed E-state index contributed by atoms with van der Waals surface area (Å²) in [6, 6.07) is 0.613. The maximum Gasteiger partial charge on any atom is 0.306 e. The number of aromatic nitrogens is 1. The van der Waals surface area contributed by atoms with E-state index in [4.69, 9.17) is 4.74 Å². The van der Waals surface area contributed by atoms with E-state index in [1.165, 1.54) is 6.42 Å². The van der Waals surface area contributed by atoms with Crippen molar-refractivity contribution in [2.75, 3.05) is 38.7 Å². The van der Waals surface area contributed by atoms with Crippen molar-refractivity contribution in [1.29, 1.82) is 0 Å². The van der Waals surface area contributed by atoms with Gasteiger partial charge in [0.25, 0.3) is 0 Å². The van der Waals surface area contributed by atoms with E-state index in [0.717, 1.165) is 23.9 Å². The van der Waals surface area contributed by atoms with Gasteiger partial charge < -0.3 is 14.5 Å². The monoisotopic (exact) mass is 297 g/mol. The second-order valence-corrected chi connectivity index (χ2v) is 6.12. The van der Waals surface area contributed by atoms with Gasteiger partial charge in [-0.2, -0.15) is 0 Å². The van der Waals surface area contributed by atoms with E-state index in [0.29, 0.717) is 25.5 Å². The molecule has 112 valence electrons. The minimum atomic E-state index is -0.143. The first-order valence-electron chi connectivity index (χ1n) is 7.11. The number of ether oxygens (including phenoxy) is 1. The number of thiazole rings is 1. The minimum absolute atomic E-state index is 0.143. The van der Waals surface area contributed by atoms with Crippen LogP contribution in [0, 0.1) is 0 Å². The predicted molar refractivity (Wildman–Crippen MR) is 81.4 cm³/mol. The Morgan fingerprint density at radius 2 is 2.40 bits per heavy atom. The van der Waals surface area contributed by atoms with Gasteiger partial charge in [-0.15, -0.1) is 11.3 Å². The van der Waals surface area contributed by atoms with Crippen molar-refractivity contribution in [3.05, 3.63) is 11.1 Å². The van der Waals surface area contributed by atoms with E-state index in [2.05, 4.69) is 34.3 Å². The zero-order chi connectivity index (χ0) is 14.5. The highest BCUT2D eigenvalue weighted by Crippen LogP contribution is 2.26. The first-order chi connectivity index (χ1) is 9.60. The summed E-state index contributed by atoms with van der Waals surface area (Å²) in [4.78, 5) is 20.6. The molecule has 5 nitrogen and oxygen atoms in total. The van der Waals surface area contributed by atoms with Gasteiger partial charge in [0, 0.05) is 30.9 Å². The highest BCUT2D eigenvalue weighted by molar-refractivity contribution is 7.13. The number of hydrogen-bond donors (Lipinski definition) is 0. The van der Waals surface area contributed by atoms with E-state index in [1.807, 2.05) is 6.92 Å². The molecule has 0 aromatic carbocycles.